The Kier molecular flexibility index (Phi) is 3.65. The maximum absolute atomic E-state index is 9.52. The van der Waals surface area contributed by atoms with Gasteiger partial charge in [0.1, 0.15) is 11.6 Å². The van der Waals surface area contributed by atoms with E-state index in [0.29, 0.717) is 17.9 Å². The molecule has 0 saturated carbocycles. The molecule has 0 aliphatic carbocycles. The van der Waals surface area contributed by atoms with Crippen LogP contribution in [0, 0.1) is 25.2 Å². The number of fused-ring (bicyclic) bond motifs is 1. The summed E-state index contributed by atoms with van der Waals surface area (Å²) in [6.45, 7) is 5.81. The fourth-order valence-corrected chi connectivity index (χ4v) is 3.09. The number of aryl methyl sites for hydroxylation is 1. The monoisotopic (exact) mass is 331 g/mol. The highest BCUT2D eigenvalue weighted by molar-refractivity contribution is 5.59. The molecule has 0 N–H and O–H groups in total. The predicted octanol–water partition coefficient (Wildman–Crippen LogP) is 2.24. The summed E-state index contributed by atoms with van der Waals surface area (Å²) in [7, 11) is 0. The first kappa shape index (κ1) is 15.3. The number of nitriles is 1. The van der Waals surface area contributed by atoms with Gasteiger partial charge in [-0.15, -0.1) is 15.3 Å². The Bertz CT molecular complexity index is 969. The molecular weight excluding hydrogens is 314 g/mol. The van der Waals surface area contributed by atoms with E-state index in [1.54, 1.807) is 0 Å². The van der Waals surface area contributed by atoms with Crippen molar-refractivity contribution in [3.63, 3.8) is 0 Å². The van der Waals surface area contributed by atoms with Crippen LogP contribution in [0.1, 0.15) is 22.6 Å². The van der Waals surface area contributed by atoms with Crippen molar-refractivity contribution in [3.05, 3.63) is 53.0 Å². The smallest absolute Gasteiger partial charge is 0.169 e. The van der Waals surface area contributed by atoms with Crippen molar-refractivity contribution in [2.24, 2.45) is 0 Å². The average molecular weight is 331 g/mol. The van der Waals surface area contributed by atoms with Crippen LogP contribution in [0.15, 0.2) is 30.3 Å². The summed E-state index contributed by atoms with van der Waals surface area (Å²) < 4.78 is 2.13. The van der Waals surface area contributed by atoms with Crippen molar-refractivity contribution in [3.8, 4) is 17.5 Å². The van der Waals surface area contributed by atoms with E-state index < -0.39 is 0 Å². The Morgan fingerprint density at radius 3 is 2.56 bits per heavy atom. The highest BCUT2D eigenvalue weighted by Gasteiger charge is 2.25. The number of anilines is 1. The summed E-state index contributed by atoms with van der Waals surface area (Å²) in [6.07, 6.45) is 0. The average Bonchev–Trinajstić information content (AvgIpc) is 3.07. The van der Waals surface area contributed by atoms with Crippen LogP contribution < -0.4 is 4.90 Å². The van der Waals surface area contributed by atoms with Crippen LogP contribution in [-0.2, 0) is 13.1 Å². The topological polar surface area (TPSA) is 83.5 Å². The van der Waals surface area contributed by atoms with Gasteiger partial charge in [-0.05, 0) is 19.4 Å². The van der Waals surface area contributed by atoms with E-state index in [9.17, 15) is 5.26 Å². The highest BCUT2D eigenvalue weighted by Crippen LogP contribution is 2.27. The minimum absolute atomic E-state index is 0.561. The fourth-order valence-electron chi connectivity index (χ4n) is 3.09. The van der Waals surface area contributed by atoms with Crippen molar-refractivity contribution in [1.29, 1.82) is 5.26 Å². The zero-order valence-electron chi connectivity index (χ0n) is 14.1. The molecule has 0 spiro atoms. The van der Waals surface area contributed by atoms with Crippen LogP contribution in [-0.4, -0.2) is 31.5 Å². The second-order valence-corrected chi connectivity index (χ2v) is 6.10. The molecule has 0 amide bonds. The molecule has 0 atom stereocenters. The molecule has 4 rings (SSSR count). The Hall–Kier alpha value is -3.27. The maximum atomic E-state index is 9.52. The minimum atomic E-state index is 0.561. The van der Waals surface area contributed by atoms with Gasteiger partial charge in [-0.25, -0.2) is 0 Å². The summed E-state index contributed by atoms with van der Waals surface area (Å²) >= 11 is 0. The van der Waals surface area contributed by atoms with Crippen molar-refractivity contribution in [2.75, 3.05) is 11.4 Å². The second-order valence-electron chi connectivity index (χ2n) is 6.10. The third-order valence-corrected chi connectivity index (χ3v) is 4.63. The SMILES string of the molecule is Cc1nnc(N2CCn3c(nnc3-c3ccccc3)C2)c(C#N)c1C. The van der Waals surface area contributed by atoms with E-state index in [0.717, 1.165) is 41.6 Å². The van der Waals surface area contributed by atoms with Gasteiger partial charge in [0.2, 0.25) is 0 Å². The second kappa shape index (κ2) is 5.98. The van der Waals surface area contributed by atoms with Gasteiger partial charge in [0.15, 0.2) is 17.5 Å². The highest BCUT2D eigenvalue weighted by atomic mass is 15.4. The van der Waals surface area contributed by atoms with Crippen molar-refractivity contribution >= 4 is 5.82 Å². The van der Waals surface area contributed by atoms with E-state index in [4.69, 9.17) is 0 Å². The summed E-state index contributed by atoms with van der Waals surface area (Å²) in [6, 6.07) is 12.3. The Balaban J connectivity index is 1.69. The maximum Gasteiger partial charge on any atom is 0.169 e. The van der Waals surface area contributed by atoms with Gasteiger partial charge in [-0.1, -0.05) is 30.3 Å². The summed E-state index contributed by atoms with van der Waals surface area (Å²) in [4.78, 5) is 2.05. The molecule has 3 aromatic rings. The molecule has 2 aromatic heterocycles. The van der Waals surface area contributed by atoms with Gasteiger partial charge >= 0.3 is 0 Å². The third kappa shape index (κ3) is 2.52. The van der Waals surface area contributed by atoms with Crippen molar-refractivity contribution in [2.45, 2.75) is 26.9 Å². The number of nitrogens with zero attached hydrogens (tertiary/aromatic N) is 7. The van der Waals surface area contributed by atoms with Gasteiger partial charge in [-0.3, -0.25) is 0 Å². The van der Waals surface area contributed by atoms with Gasteiger partial charge in [-0.2, -0.15) is 10.4 Å². The van der Waals surface area contributed by atoms with E-state index in [2.05, 4.69) is 35.9 Å². The van der Waals surface area contributed by atoms with Gasteiger partial charge in [0, 0.05) is 18.7 Å². The van der Waals surface area contributed by atoms with Gasteiger partial charge in [0.25, 0.3) is 0 Å². The van der Waals surface area contributed by atoms with Crippen LogP contribution in [0.25, 0.3) is 11.4 Å². The number of aromatic nitrogens is 5. The predicted molar refractivity (Wildman–Crippen MR) is 92.7 cm³/mol. The first-order valence-corrected chi connectivity index (χ1v) is 8.15. The minimum Gasteiger partial charge on any atom is -0.345 e. The number of benzene rings is 1. The van der Waals surface area contributed by atoms with Crippen LogP contribution in [0.3, 0.4) is 0 Å². The first-order chi connectivity index (χ1) is 12.2. The van der Waals surface area contributed by atoms with E-state index in [1.807, 2.05) is 44.2 Å². The molecule has 25 heavy (non-hydrogen) atoms. The lowest BCUT2D eigenvalue weighted by atomic mass is 10.1. The van der Waals surface area contributed by atoms with Crippen molar-refractivity contribution < 1.29 is 0 Å². The van der Waals surface area contributed by atoms with Crippen LogP contribution in [0.5, 0.6) is 0 Å². The molecule has 1 aromatic carbocycles. The lowest BCUT2D eigenvalue weighted by molar-refractivity contribution is 0.557. The largest absolute Gasteiger partial charge is 0.345 e. The third-order valence-electron chi connectivity index (χ3n) is 4.63. The molecule has 1 aliphatic rings. The summed E-state index contributed by atoms with van der Waals surface area (Å²) in [5.74, 6) is 2.37. The quantitative estimate of drug-likeness (QED) is 0.716. The van der Waals surface area contributed by atoms with Crippen LogP contribution >= 0.6 is 0 Å². The molecule has 7 nitrogen and oxygen atoms in total. The van der Waals surface area contributed by atoms with Crippen LogP contribution in [0.4, 0.5) is 5.82 Å². The molecule has 3 heterocycles. The van der Waals surface area contributed by atoms with E-state index in [1.165, 1.54) is 0 Å². The lowest BCUT2D eigenvalue weighted by Gasteiger charge is -2.29. The Morgan fingerprint density at radius 1 is 1.00 bits per heavy atom. The Morgan fingerprint density at radius 2 is 1.80 bits per heavy atom. The zero-order chi connectivity index (χ0) is 17.4. The van der Waals surface area contributed by atoms with Crippen molar-refractivity contribution in [1.82, 2.24) is 25.0 Å². The molecule has 0 radical (unpaired) electrons. The van der Waals surface area contributed by atoms with Gasteiger partial charge < -0.3 is 9.47 Å². The molecule has 7 heteroatoms. The van der Waals surface area contributed by atoms with Crippen LogP contribution in [0.2, 0.25) is 0 Å². The number of hydrogen-bond acceptors (Lipinski definition) is 6. The standard InChI is InChI=1S/C18H17N7/c1-12-13(2)20-23-18(15(12)10-19)24-8-9-25-16(11-24)21-22-17(25)14-6-4-3-5-7-14/h3-7H,8-9,11H2,1-2H3. The molecule has 0 fully saturated rings. The molecule has 124 valence electrons. The number of hydrogen-bond donors (Lipinski definition) is 0. The fraction of sp³-hybridized carbons (Fsp3) is 0.278. The molecule has 0 saturated heterocycles. The molecule has 1 aliphatic heterocycles. The Labute approximate surface area is 145 Å². The first-order valence-electron chi connectivity index (χ1n) is 8.15. The molecule has 0 unspecified atom stereocenters. The lowest BCUT2D eigenvalue weighted by Crippen LogP contribution is -2.35. The zero-order valence-corrected chi connectivity index (χ0v) is 14.1. The summed E-state index contributed by atoms with van der Waals surface area (Å²) in [5, 5.41) is 26.7. The molecule has 0 bridgehead atoms. The van der Waals surface area contributed by atoms with E-state index >= 15 is 0 Å². The van der Waals surface area contributed by atoms with E-state index in [-0.39, 0.29) is 0 Å². The van der Waals surface area contributed by atoms with Gasteiger partial charge in [0.05, 0.1) is 12.2 Å². The molecular formula is C18H17N7. The number of rotatable bonds is 2. The summed E-state index contributed by atoms with van der Waals surface area (Å²) in [5.41, 5.74) is 3.30. The normalized spacial score (nSPS) is 13.4.